The summed E-state index contributed by atoms with van der Waals surface area (Å²) in [5.74, 6) is 0.133. The van der Waals surface area contributed by atoms with Crippen molar-refractivity contribution in [3.63, 3.8) is 0 Å². The van der Waals surface area contributed by atoms with E-state index in [0.29, 0.717) is 78.4 Å². The van der Waals surface area contributed by atoms with Crippen LogP contribution in [0.25, 0.3) is 11.1 Å². The highest BCUT2D eigenvalue weighted by Crippen LogP contribution is 2.25. The smallest absolute Gasteiger partial charge is 0.338 e. The third kappa shape index (κ3) is 17.5. The van der Waals surface area contributed by atoms with E-state index < -0.39 is 11.9 Å². The standard InChI is InChI=1S/C39H52O12/c1-3-44-18-19-45-20-21-46-22-23-47-24-25-48-26-27-51-39(42)34-28-33(38(40)41)29-37(30-34)50-17-7-5-4-6-16-49-36-14-10-32(11-15-36)31-8-12-35(43-2)13-9-31/h8-15,28-30H,3-7,16-27H2,1-2H3,(H,40,41). The predicted molar refractivity (Wildman–Crippen MR) is 191 cm³/mol. The average Bonchev–Trinajstić information content (AvgIpc) is 3.15. The van der Waals surface area contributed by atoms with Crippen LogP contribution in [0.2, 0.25) is 0 Å². The summed E-state index contributed by atoms with van der Waals surface area (Å²) in [4.78, 5) is 24.3. The predicted octanol–water partition coefficient (Wildman–Crippen LogP) is 6.34. The number of rotatable bonds is 29. The number of benzene rings is 3. The van der Waals surface area contributed by atoms with Crippen LogP contribution >= 0.6 is 0 Å². The van der Waals surface area contributed by atoms with Crippen LogP contribution < -0.4 is 14.2 Å². The van der Waals surface area contributed by atoms with Crippen molar-refractivity contribution >= 4 is 11.9 Å². The Hall–Kier alpha value is -4.20. The average molecular weight is 713 g/mol. The second-order valence-corrected chi connectivity index (χ2v) is 11.2. The van der Waals surface area contributed by atoms with Crippen LogP contribution in [0.4, 0.5) is 0 Å². The molecule has 0 aliphatic carbocycles. The molecule has 0 aromatic heterocycles. The number of carbonyl (C=O) groups is 2. The van der Waals surface area contributed by atoms with Gasteiger partial charge in [-0.05, 0) is 86.2 Å². The number of esters is 1. The lowest BCUT2D eigenvalue weighted by atomic mass is 10.1. The van der Waals surface area contributed by atoms with Crippen molar-refractivity contribution in [3.8, 4) is 28.4 Å². The minimum absolute atomic E-state index is 0.0114. The van der Waals surface area contributed by atoms with Crippen LogP contribution in [0, 0.1) is 0 Å². The molecule has 51 heavy (non-hydrogen) atoms. The molecule has 3 aromatic rings. The Morgan fingerprint density at radius 1 is 0.510 bits per heavy atom. The van der Waals surface area contributed by atoms with Gasteiger partial charge in [-0.1, -0.05) is 24.3 Å². The van der Waals surface area contributed by atoms with Crippen LogP contribution in [0.3, 0.4) is 0 Å². The summed E-state index contributed by atoms with van der Waals surface area (Å²) in [6.07, 6.45) is 3.53. The van der Waals surface area contributed by atoms with Crippen molar-refractivity contribution in [1.82, 2.24) is 0 Å². The van der Waals surface area contributed by atoms with Gasteiger partial charge in [0.05, 0.1) is 90.9 Å². The highest BCUT2D eigenvalue weighted by atomic mass is 16.6. The van der Waals surface area contributed by atoms with Gasteiger partial charge < -0.3 is 47.7 Å². The van der Waals surface area contributed by atoms with Crippen LogP contribution in [-0.4, -0.2) is 110 Å². The maximum atomic E-state index is 12.6. The number of carbonyl (C=O) groups excluding carboxylic acids is 1. The zero-order chi connectivity index (χ0) is 36.4. The Kier molecular flexibility index (Phi) is 20.8. The summed E-state index contributed by atoms with van der Waals surface area (Å²) in [5.41, 5.74) is 2.26. The molecule has 12 heteroatoms. The van der Waals surface area contributed by atoms with E-state index in [1.54, 1.807) is 7.11 Å². The number of ether oxygens (including phenoxy) is 9. The molecular weight excluding hydrogens is 660 g/mol. The molecule has 0 aliphatic heterocycles. The minimum Gasteiger partial charge on any atom is -0.497 e. The van der Waals surface area contributed by atoms with E-state index in [1.165, 1.54) is 18.2 Å². The lowest BCUT2D eigenvalue weighted by Crippen LogP contribution is -2.15. The van der Waals surface area contributed by atoms with Crippen molar-refractivity contribution in [3.05, 3.63) is 77.9 Å². The Labute approximate surface area is 300 Å². The largest absolute Gasteiger partial charge is 0.497 e. The van der Waals surface area contributed by atoms with Crippen molar-refractivity contribution < 1.29 is 57.3 Å². The van der Waals surface area contributed by atoms with Crippen molar-refractivity contribution in [2.45, 2.75) is 32.6 Å². The number of methoxy groups -OCH3 is 1. The van der Waals surface area contributed by atoms with Gasteiger partial charge in [-0.3, -0.25) is 0 Å². The van der Waals surface area contributed by atoms with Crippen LogP contribution in [0.5, 0.6) is 17.2 Å². The molecule has 0 saturated carbocycles. The number of aromatic carboxylic acids is 1. The van der Waals surface area contributed by atoms with Gasteiger partial charge in [0.25, 0.3) is 0 Å². The van der Waals surface area contributed by atoms with Crippen LogP contribution in [0.15, 0.2) is 66.7 Å². The fourth-order valence-electron chi connectivity index (χ4n) is 4.69. The summed E-state index contributed by atoms with van der Waals surface area (Å²) < 4.78 is 49.0. The first kappa shape index (κ1) is 41.2. The molecule has 0 aliphatic rings. The van der Waals surface area contributed by atoms with E-state index in [1.807, 2.05) is 55.5 Å². The molecule has 0 amide bonds. The molecule has 0 saturated heterocycles. The number of carboxylic acids is 1. The Balaban J connectivity index is 1.22. The summed E-state index contributed by atoms with van der Waals surface area (Å²) in [6, 6.07) is 20.1. The zero-order valence-electron chi connectivity index (χ0n) is 29.8. The van der Waals surface area contributed by atoms with Crippen molar-refractivity contribution in [2.75, 3.05) is 93.0 Å². The number of unbranched alkanes of at least 4 members (excludes halogenated alkanes) is 3. The maximum Gasteiger partial charge on any atom is 0.338 e. The molecular formula is C39H52O12. The minimum atomic E-state index is -1.16. The van der Waals surface area contributed by atoms with Gasteiger partial charge in [0.15, 0.2) is 0 Å². The van der Waals surface area contributed by atoms with E-state index in [2.05, 4.69) is 0 Å². The van der Waals surface area contributed by atoms with E-state index in [-0.39, 0.29) is 24.3 Å². The van der Waals surface area contributed by atoms with E-state index >= 15 is 0 Å². The highest BCUT2D eigenvalue weighted by molar-refractivity contribution is 5.95. The normalized spacial score (nSPS) is 10.9. The fraction of sp³-hybridized carbons (Fsp3) is 0.487. The van der Waals surface area contributed by atoms with Crippen LogP contribution in [-0.2, 0) is 28.4 Å². The topological polar surface area (TPSA) is 137 Å². The maximum absolute atomic E-state index is 12.6. The molecule has 0 heterocycles. The second-order valence-electron chi connectivity index (χ2n) is 11.2. The number of hydrogen-bond acceptors (Lipinski definition) is 11. The molecule has 0 radical (unpaired) electrons. The quantitative estimate of drug-likeness (QED) is 0.0635. The van der Waals surface area contributed by atoms with Crippen molar-refractivity contribution in [2.24, 2.45) is 0 Å². The summed E-state index contributed by atoms with van der Waals surface area (Å²) in [6.45, 7) is 7.51. The van der Waals surface area contributed by atoms with Gasteiger partial charge in [0.1, 0.15) is 23.9 Å². The fourth-order valence-corrected chi connectivity index (χ4v) is 4.69. The molecule has 0 unspecified atom stereocenters. The lowest BCUT2D eigenvalue weighted by Gasteiger charge is -2.11. The number of hydrogen-bond donors (Lipinski definition) is 1. The highest BCUT2D eigenvalue weighted by Gasteiger charge is 2.14. The summed E-state index contributed by atoms with van der Waals surface area (Å²) >= 11 is 0. The summed E-state index contributed by atoms with van der Waals surface area (Å²) in [7, 11) is 1.65. The molecule has 3 aromatic carbocycles. The Morgan fingerprint density at radius 2 is 0.961 bits per heavy atom. The Bertz CT molecular complexity index is 1380. The van der Waals surface area contributed by atoms with E-state index in [0.717, 1.165) is 48.3 Å². The first-order valence-corrected chi connectivity index (χ1v) is 17.4. The van der Waals surface area contributed by atoms with Gasteiger partial charge in [-0.2, -0.15) is 0 Å². The lowest BCUT2D eigenvalue weighted by molar-refractivity contribution is -0.0146. The third-order valence-electron chi connectivity index (χ3n) is 7.40. The van der Waals surface area contributed by atoms with Gasteiger partial charge in [0.2, 0.25) is 0 Å². The molecule has 0 bridgehead atoms. The van der Waals surface area contributed by atoms with Crippen LogP contribution in [0.1, 0.15) is 53.3 Å². The van der Waals surface area contributed by atoms with Gasteiger partial charge in [0, 0.05) is 6.61 Å². The molecule has 0 spiro atoms. The molecule has 280 valence electrons. The molecule has 1 N–H and O–H groups in total. The SMILES string of the molecule is CCOCCOCCOCCOCCOCCOC(=O)c1cc(OCCCCCCOc2ccc(-c3ccc(OC)cc3)cc2)cc(C(=O)O)c1. The first-order valence-electron chi connectivity index (χ1n) is 17.4. The second kappa shape index (κ2) is 25.7. The first-order chi connectivity index (χ1) is 25.0. The van der Waals surface area contributed by atoms with Gasteiger partial charge in [-0.15, -0.1) is 0 Å². The molecule has 12 nitrogen and oxygen atoms in total. The number of carboxylic acid groups (broad SMARTS) is 1. The van der Waals surface area contributed by atoms with E-state index in [4.69, 9.17) is 42.6 Å². The molecule has 0 atom stereocenters. The summed E-state index contributed by atoms with van der Waals surface area (Å²) in [5, 5.41) is 9.53. The monoisotopic (exact) mass is 712 g/mol. The molecule has 0 fully saturated rings. The van der Waals surface area contributed by atoms with Gasteiger partial charge >= 0.3 is 11.9 Å². The van der Waals surface area contributed by atoms with Gasteiger partial charge in [-0.25, -0.2) is 9.59 Å². The molecule has 3 rings (SSSR count). The Morgan fingerprint density at radius 3 is 1.45 bits per heavy atom. The van der Waals surface area contributed by atoms with Crippen molar-refractivity contribution in [1.29, 1.82) is 0 Å². The zero-order valence-corrected chi connectivity index (χ0v) is 29.8. The third-order valence-corrected chi connectivity index (χ3v) is 7.40. The van der Waals surface area contributed by atoms with E-state index in [9.17, 15) is 14.7 Å².